The van der Waals surface area contributed by atoms with Gasteiger partial charge in [0.05, 0.1) is 17.2 Å². The van der Waals surface area contributed by atoms with Crippen LogP contribution in [0.3, 0.4) is 0 Å². The van der Waals surface area contributed by atoms with Gasteiger partial charge in [0.15, 0.2) is 11.5 Å². The summed E-state index contributed by atoms with van der Waals surface area (Å²) in [7, 11) is 0. The van der Waals surface area contributed by atoms with E-state index in [4.69, 9.17) is 25.8 Å². The monoisotopic (exact) mass is 270 g/mol. The molecule has 1 aliphatic rings. The SMILES string of the molecule is CCCCOC(=O)c1cc(Cl)c2c(c1)OCCO2. The van der Waals surface area contributed by atoms with E-state index in [0.29, 0.717) is 41.9 Å². The number of unbranched alkanes of at least 4 members (excludes halogenated alkanes) is 1. The van der Waals surface area contributed by atoms with Crippen molar-refractivity contribution in [2.24, 2.45) is 0 Å². The van der Waals surface area contributed by atoms with Crippen LogP contribution in [0.1, 0.15) is 30.1 Å². The Balaban J connectivity index is 2.14. The van der Waals surface area contributed by atoms with Crippen LogP contribution in [0.25, 0.3) is 0 Å². The highest BCUT2D eigenvalue weighted by Crippen LogP contribution is 2.38. The van der Waals surface area contributed by atoms with Crippen LogP contribution in [0.5, 0.6) is 11.5 Å². The molecule has 2 rings (SSSR count). The molecule has 0 aromatic heterocycles. The lowest BCUT2D eigenvalue weighted by Gasteiger charge is -2.19. The number of hydrogen-bond acceptors (Lipinski definition) is 4. The third kappa shape index (κ3) is 2.88. The highest BCUT2D eigenvalue weighted by atomic mass is 35.5. The van der Waals surface area contributed by atoms with Gasteiger partial charge >= 0.3 is 5.97 Å². The maximum absolute atomic E-state index is 11.8. The van der Waals surface area contributed by atoms with E-state index in [9.17, 15) is 4.79 Å². The quantitative estimate of drug-likeness (QED) is 0.623. The van der Waals surface area contributed by atoms with Crippen LogP contribution in [0, 0.1) is 0 Å². The Bertz CT molecular complexity index is 445. The molecule has 0 radical (unpaired) electrons. The summed E-state index contributed by atoms with van der Waals surface area (Å²) in [6.07, 6.45) is 1.83. The summed E-state index contributed by atoms with van der Waals surface area (Å²) in [5, 5.41) is 0.370. The van der Waals surface area contributed by atoms with Gasteiger partial charge in [-0.3, -0.25) is 0 Å². The Morgan fingerprint density at radius 1 is 1.39 bits per heavy atom. The van der Waals surface area contributed by atoms with E-state index < -0.39 is 0 Å². The van der Waals surface area contributed by atoms with Crippen molar-refractivity contribution in [3.63, 3.8) is 0 Å². The van der Waals surface area contributed by atoms with E-state index in [1.54, 1.807) is 12.1 Å². The Morgan fingerprint density at radius 2 is 2.17 bits per heavy atom. The molecule has 1 aromatic carbocycles. The molecule has 0 N–H and O–H groups in total. The first-order chi connectivity index (χ1) is 8.72. The first-order valence-corrected chi connectivity index (χ1v) is 6.36. The molecule has 0 bridgehead atoms. The van der Waals surface area contributed by atoms with Gasteiger partial charge in [0.1, 0.15) is 13.2 Å². The number of carbonyl (C=O) groups excluding carboxylic acids is 1. The molecule has 0 atom stereocenters. The zero-order chi connectivity index (χ0) is 13.0. The number of carbonyl (C=O) groups is 1. The van der Waals surface area contributed by atoms with Crippen LogP contribution in [0.2, 0.25) is 5.02 Å². The zero-order valence-electron chi connectivity index (χ0n) is 10.2. The first kappa shape index (κ1) is 13.0. The summed E-state index contributed by atoms with van der Waals surface area (Å²) in [5.41, 5.74) is 0.389. The van der Waals surface area contributed by atoms with Crippen molar-refractivity contribution in [3.8, 4) is 11.5 Å². The van der Waals surface area contributed by atoms with Crippen LogP contribution in [-0.2, 0) is 4.74 Å². The minimum Gasteiger partial charge on any atom is -0.486 e. The Kier molecular flexibility index (Phi) is 4.31. The summed E-state index contributed by atoms with van der Waals surface area (Å²) in [4.78, 5) is 11.8. The van der Waals surface area contributed by atoms with Gasteiger partial charge in [-0.2, -0.15) is 0 Å². The molecule has 1 aliphatic heterocycles. The van der Waals surface area contributed by atoms with Crippen molar-refractivity contribution in [3.05, 3.63) is 22.7 Å². The van der Waals surface area contributed by atoms with E-state index in [2.05, 4.69) is 0 Å². The lowest BCUT2D eigenvalue weighted by molar-refractivity contribution is 0.0498. The van der Waals surface area contributed by atoms with Gasteiger partial charge in [-0.05, 0) is 18.6 Å². The number of halogens is 1. The first-order valence-electron chi connectivity index (χ1n) is 5.98. The third-order valence-corrected chi connectivity index (χ3v) is 2.84. The average molecular weight is 271 g/mol. The minimum atomic E-state index is -0.387. The largest absolute Gasteiger partial charge is 0.486 e. The van der Waals surface area contributed by atoms with Crippen LogP contribution in [0.4, 0.5) is 0 Å². The molecular weight excluding hydrogens is 256 g/mol. The van der Waals surface area contributed by atoms with E-state index in [1.165, 1.54) is 0 Å². The molecule has 1 heterocycles. The summed E-state index contributed by atoms with van der Waals surface area (Å²) in [6.45, 7) is 3.38. The molecule has 1 aromatic rings. The molecule has 0 saturated carbocycles. The molecule has 0 fully saturated rings. The van der Waals surface area contributed by atoms with E-state index in [-0.39, 0.29) is 5.97 Å². The van der Waals surface area contributed by atoms with E-state index in [1.807, 2.05) is 6.92 Å². The fourth-order valence-corrected chi connectivity index (χ4v) is 1.89. The molecule has 0 aliphatic carbocycles. The van der Waals surface area contributed by atoms with Gasteiger partial charge in [-0.1, -0.05) is 24.9 Å². The van der Waals surface area contributed by atoms with Crippen molar-refractivity contribution in [1.29, 1.82) is 0 Å². The Morgan fingerprint density at radius 3 is 2.94 bits per heavy atom. The predicted octanol–water partition coefficient (Wildman–Crippen LogP) is 3.07. The van der Waals surface area contributed by atoms with Gasteiger partial charge in [0, 0.05) is 0 Å². The lowest BCUT2D eigenvalue weighted by Crippen LogP contribution is -2.16. The van der Waals surface area contributed by atoms with Crippen molar-refractivity contribution in [1.82, 2.24) is 0 Å². The van der Waals surface area contributed by atoms with Crippen molar-refractivity contribution < 1.29 is 19.0 Å². The number of ether oxygens (including phenoxy) is 3. The second-order valence-electron chi connectivity index (χ2n) is 3.97. The fourth-order valence-electron chi connectivity index (χ4n) is 1.62. The molecule has 4 nitrogen and oxygen atoms in total. The maximum atomic E-state index is 11.8. The van der Waals surface area contributed by atoms with Gasteiger partial charge < -0.3 is 14.2 Å². The summed E-state index contributed by atoms with van der Waals surface area (Å²) >= 11 is 6.04. The van der Waals surface area contributed by atoms with Gasteiger partial charge in [0.25, 0.3) is 0 Å². The van der Waals surface area contributed by atoms with Crippen LogP contribution < -0.4 is 9.47 Å². The number of fused-ring (bicyclic) bond motifs is 1. The summed E-state index contributed by atoms with van der Waals surface area (Å²) in [6, 6.07) is 3.15. The third-order valence-electron chi connectivity index (χ3n) is 2.56. The minimum absolute atomic E-state index is 0.370. The maximum Gasteiger partial charge on any atom is 0.338 e. The van der Waals surface area contributed by atoms with Crippen LogP contribution in [-0.4, -0.2) is 25.8 Å². The summed E-state index contributed by atoms with van der Waals surface area (Å²) < 4.78 is 15.9. The molecule has 5 heteroatoms. The van der Waals surface area contributed by atoms with Gasteiger partial charge in [0.2, 0.25) is 0 Å². The van der Waals surface area contributed by atoms with Gasteiger partial charge in [-0.15, -0.1) is 0 Å². The normalized spacial score (nSPS) is 13.2. The Labute approximate surface area is 111 Å². The van der Waals surface area contributed by atoms with Crippen LogP contribution >= 0.6 is 11.6 Å². The second-order valence-corrected chi connectivity index (χ2v) is 4.38. The van der Waals surface area contributed by atoms with Gasteiger partial charge in [-0.25, -0.2) is 4.79 Å². The van der Waals surface area contributed by atoms with Crippen molar-refractivity contribution in [2.45, 2.75) is 19.8 Å². The fraction of sp³-hybridized carbons (Fsp3) is 0.462. The molecular formula is C13H15ClO4. The van der Waals surface area contributed by atoms with Crippen molar-refractivity contribution in [2.75, 3.05) is 19.8 Å². The standard InChI is InChI=1S/C13H15ClO4/c1-2-3-4-18-13(15)9-7-10(14)12-11(8-9)16-5-6-17-12/h7-8H,2-6H2,1H3. The average Bonchev–Trinajstić information content (AvgIpc) is 2.39. The molecule has 0 spiro atoms. The number of esters is 1. The second kappa shape index (κ2) is 5.96. The van der Waals surface area contributed by atoms with Crippen molar-refractivity contribution >= 4 is 17.6 Å². The van der Waals surface area contributed by atoms with E-state index >= 15 is 0 Å². The molecule has 98 valence electrons. The smallest absolute Gasteiger partial charge is 0.338 e. The molecule has 18 heavy (non-hydrogen) atoms. The number of benzene rings is 1. The predicted molar refractivity (Wildman–Crippen MR) is 67.6 cm³/mol. The zero-order valence-corrected chi connectivity index (χ0v) is 11.0. The van der Waals surface area contributed by atoms with Crippen LogP contribution in [0.15, 0.2) is 12.1 Å². The number of hydrogen-bond donors (Lipinski definition) is 0. The molecule has 0 saturated heterocycles. The molecule has 0 unspecified atom stereocenters. The number of rotatable bonds is 4. The van der Waals surface area contributed by atoms with E-state index in [0.717, 1.165) is 12.8 Å². The topological polar surface area (TPSA) is 44.8 Å². The Hall–Kier alpha value is -1.42. The highest BCUT2D eigenvalue weighted by molar-refractivity contribution is 6.32. The lowest BCUT2D eigenvalue weighted by atomic mass is 10.2. The molecule has 0 amide bonds. The summed E-state index contributed by atoms with van der Waals surface area (Å²) in [5.74, 6) is 0.603. The highest BCUT2D eigenvalue weighted by Gasteiger charge is 2.19.